The molecule has 0 aromatic rings. The highest BCUT2D eigenvalue weighted by atomic mass is 19.4. The number of alkyl halides is 6. The number of carbonyl (C=O) groups excluding carboxylic acids is 1. The van der Waals surface area contributed by atoms with E-state index in [4.69, 9.17) is 14.2 Å². The summed E-state index contributed by atoms with van der Waals surface area (Å²) in [5.74, 6) is -1.90. The first-order valence-corrected chi connectivity index (χ1v) is 14.2. The van der Waals surface area contributed by atoms with E-state index in [0.29, 0.717) is 13.8 Å². The number of hydrogen-bond donors (Lipinski definition) is 2. The zero-order valence-electron chi connectivity index (χ0n) is 25.6. The number of halogens is 6. The molecule has 1 aliphatic carbocycles. The average Bonchev–Trinajstić information content (AvgIpc) is 3.28. The van der Waals surface area contributed by atoms with Gasteiger partial charge in [-0.15, -0.1) is 0 Å². The molecule has 0 bridgehead atoms. The molecule has 0 heterocycles. The molecule has 1 rings (SSSR count). The second-order valence-corrected chi connectivity index (χ2v) is 11.9. The lowest BCUT2D eigenvalue weighted by Crippen LogP contribution is -2.57. The van der Waals surface area contributed by atoms with Crippen molar-refractivity contribution in [1.29, 1.82) is 0 Å². The minimum Gasteiger partial charge on any atom is -0.459 e. The molecular weight excluding hydrogens is 558 g/mol. The molecule has 242 valence electrons. The molecule has 0 aromatic carbocycles. The smallest absolute Gasteiger partial charge is 0.419 e. The van der Waals surface area contributed by atoms with Crippen molar-refractivity contribution in [2.24, 2.45) is 11.8 Å². The van der Waals surface area contributed by atoms with Gasteiger partial charge in [-0.05, 0) is 79.1 Å². The summed E-state index contributed by atoms with van der Waals surface area (Å²) in [6.45, 7) is 15.5. The lowest BCUT2D eigenvalue weighted by molar-refractivity contribution is -0.306. The van der Waals surface area contributed by atoms with Gasteiger partial charge in [0.1, 0.15) is 6.10 Å². The summed E-state index contributed by atoms with van der Waals surface area (Å²) in [6.07, 6.45) is -12.9. The normalized spacial score (nSPS) is 25.2. The number of carbonyl (C=O) groups is 1. The van der Waals surface area contributed by atoms with Gasteiger partial charge in [0.2, 0.25) is 0 Å². The topological polar surface area (TPSA) is 85.2 Å². The third-order valence-electron chi connectivity index (χ3n) is 9.48. The maximum absolute atomic E-state index is 13.7. The van der Waals surface area contributed by atoms with Crippen molar-refractivity contribution >= 4 is 5.97 Å². The molecule has 0 saturated heterocycles. The predicted octanol–water partition coefficient (Wildman–Crippen LogP) is 7.05. The van der Waals surface area contributed by atoms with Gasteiger partial charge in [-0.2, -0.15) is 26.3 Å². The van der Waals surface area contributed by atoms with E-state index in [9.17, 15) is 41.4 Å². The lowest BCUT2D eigenvalue weighted by atomic mass is 9.76. The van der Waals surface area contributed by atoms with E-state index >= 15 is 0 Å². The molecule has 6 nitrogen and oxygen atoms in total. The van der Waals surface area contributed by atoms with Gasteiger partial charge in [-0.1, -0.05) is 34.3 Å². The zero-order chi connectivity index (χ0) is 32.4. The van der Waals surface area contributed by atoms with Crippen molar-refractivity contribution in [3.63, 3.8) is 0 Å². The number of hydrogen-bond acceptors (Lipinski definition) is 6. The van der Waals surface area contributed by atoms with E-state index in [1.807, 2.05) is 0 Å². The Balaban J connectivity index is 3.62. The van der Waals surface area contributed by atoms with Gasteiger partial charge in [0.25, 0.3) is 0 Å². The standard InChI is InChI=1S/C29H48F6O6/c1-11-26(12-2,40-18(7)24(9,37)28(30,31)32)20-15-21(22(16-20)39-23(36)17(5)6)27(13-3,14-4)41-19(8)25(10,38)29(33,34)35/h18-22,37-38H,5,11-16H2,1-4,6-10H3. The molecule has 0 aromatic heterocycles. The molecule has 1 fully saturated rings. The second-order valence-electron chi connectivity index (χ2n) is 11.9. The molecule has 12 heteroatoms. The maximum atomic E-state index is 13.7. The van der Waals surface area contributed by atoms with Crippen LogP contribution in [0.25, 0.3) is 0 Å². The molecule has 1 aliphatic rings. The van der Waals surface area contributed by atoms with Crippen molar-refractivity contribution in [2.45, 2.75) is 154 Å². The Morgan fingerprint density at radius 3 is 1.49 bits per heavy atom. The summed E-state index contributed by atoms with van der Waals surface area (Å²) in [5.41, 5.74) is -8.70. The first-order valence-electron chi connectivity index (χ1n) is 14.2. The van der Waals surface area contributed by atoms with Crippen LogP contribution < -0.4 is 0 Å². The van der Waals surface area contributed by atoms with E-state index in [0.717, 1.165) is 13.8 Å². The minimum atomic E-state index is -4.98. The van der Waals surface area contributed by atoms with Gasteiger partial charge < -0.3 is 24.4 Å². The van der Waals surface area contributed by atoms with Gasteiger partial charge in [0, 0.05) is 11.5 Å². The minimum absolute atomic E-state index is 0.100. The lowest BCUT2D eigenvalue weighted by Gasteiger charge is -2.46. The van der Waals surface area contributed by atoms with Crippen molar-refractivity contribution in [1.82, 2.24) is 0 Å². The highest BCUT2D eigenvalue weighted by molar-refractivity contribution is 5.87. The fourth-order valence-corrected chi connectivity index (χ4v) is 5.86. The molecule has 41 heavy (non-hydrogen) atoms. The largest absolute Gasteiger partial charge is 0.459 e. The molecule has 2 N–H and O–H groups in total. The van der Waals surface area contributed by atoms with Crippen molar-refractivity contribution < 1.29 is 55.6 Å². The number of esters is 1. The number of ether oxygens (including phenoxy) is 3. The van der Waals surface area contributed by atoms with Crippen LogP contribution >= 0.6 is 0 Å². The quantitative estimate of drug-likeness (QED) is 0.125. The molecule has 7 unspecified atom stereocenters. The van der Waals surface area contributed by atoms with Crippen molar-refractivity contribution in [3.05, 3.63) is 12.2 Å². The van der Waals surface area contributed by atoms with Gasteiger partial charge >= 0.3 is 18.3 Å². The molecule has 7 atom stereocenters. The van der Waals surface area contributed by atoms with Crippen LogP contribution in [0.2, 0.25) is 0 Å². The average molecular weight is 607 g/mol. The summed E-state index contributed by atoms with van der Waals surface area (Å²) in [7, 11) is 0. The first-order chi connectivity index (χ1) is 18.4. The molecule has 0 amide bonds. The van der Waals surface area contributed by atoms with E-state index in [2.05, 4.69) is 6.58 Å². The third kappa shape index (κ3) is 7.59. The summed E-state index contributed by atoms with van der Waals surface area (Å²) >= 11 is 0. The Morgan fingerprint density at radius 2 is 1.17 bits per heavy atom. The monoisotopic (exact) mass is 606 g/mol. The fraction of sp³-hybridized carbons (Fsp3) is 0.897. The van der Waals surface area contributed by atoms with E-state index in [1.165, 1.54) is 6.92 Å². The van der Waals surface area contributed by atoms with Crippen LogP contribution in [0.1, 0.15) is 101 Å². The molecule has 1 saturated carbocycles. The van der Waals surface area contributed by atoms with Crippen LogP contribution in [0.5, 0.6) is 0 Å². The second kappa shape index (κ2) is 13.1. The van der Waals surface area contributed by atoms with E-state index < -0.39 is 70.9 Å². The predicted molar refractivity (Wildman–Crippen MR) is 142 cm³/mol. The molecule has 0 radical (unpaired) electrons. The molecular formula is C29H48F6O6. The van der Waals surface area contributed by atoms with Gasteiger partial charge in [0.05, 0.1) is 23.4 Å². The Morgan fingerprint density at radius 1 is 0.805 bits per heavy atom. The molecule has 0 spiro atoms. The van der Waals surface area contributed by atoms with Gasteiger partial charge in [-0.3, -0.25) is 0 Å². The van der Waals surface area contributed by atoms with Gasteiger partial charge in [-0.25, -0.2) is 4.79 Å². The zero-order valence-corrected chi connectivity index (χ0v) is 25.6. The summed E-state index contributed by atoms with van der Waals surface area (Å²) in [6, 6.07) is 0. The van der Waals surface area contributed by atoms with Crippen molar-refractivity contribution in [2.75, 3.05) is 0 Å². The van der Waals surface area contributed by atoms with Gasteiger partial charge in [0.15, 0.2) is 11.2 Å². The highest BCUT2D eigenvalue weighted by Crippen LogP contribution is 2.52. The third-order valence-corrected chi connectivity index (χ3v) is 9.48. The van der Waals surface area contributed by atoms with Crippen LogP contribution in [0.4, 0.5) is 26.3 Å². The van der Waals surface area contributed by atoms with Crippen molar-refractivity contribution in [3.8, 4) is 0 Å². The number of aliphatic hydroxyl groups is 2. The Bertz CT molecular complexity index is 889. The van der Waals surface area contributed by atoms with Crippen LogP contribution in [-0.2, 0) is 19.0 Å². The summed E-state index contributed by atoms with van der Waals surface area (Å²) in [5, 5.41) is 20.6. The van der Waals surface area contributed by atoms with Crippen LogP contribution in [-0.4, -0.2) is 69.3 Å². The highest BCUT2D eigenvalue weighted by Gasteiger charge is 2.60. The van der Waals surface area contributed by atoms with E-state index in [1.54, 1.807) is 27.7 Å². The Kier molecular flexibility index (Phi) is 12.0. The Labute approximate surface area is 239 Å². The maximum Gasteiger partial charge on any atom is 0.419 e. The fourth-order valence-electron chi connectivity index (χ4n) is 5.86. The number of rotatable bonds is 14. The molecule has 0 aliphatic heterocycles. The van der Waals surface area contributed by atoms with Crippen LogP contribution in [0.15, 0.2) is 12.2 Å². The van der Waals surface area contributed by atoms with E-state index in [-0.39, 0.29) is 44.1 Å². The summed E-state index contributed by atoms with van der Waals surface area (Å²) in [4.78, 5) is 12.6. The summed E-state index contributed by atoms with van der Waals surface area (Å²) < 4.78 is 99.8. The first kappa shape index (κ1) is 37.7. The van der Waals surface area contributed by atoms with Crippen LogP contribution in [0, 0.1) is 11.8 Å². The van der Waals surface area contributed by atoms with Crippen LogP contribution in [0.3, 0.4) is 0 Å². The Hall–Kier alpha value is -1.37. The SMILES string of the molecule is C=C(C)C(=O)OC1CC(C(CC)(CC)OC(C)C(C)(O)C(F)(F)F)CC1C(CC)(CC)OC(C)C(C)(O)C(F)(F)F.